The normalized spacial score (nSPS) is 21.3. The zero-order chi connectivity index (χ0) is 38.2. The predicted molar refractivity (Wildman–Crippen MR) is 192 cm³/mol. The first-order valence-corrected chi connectivity index (χ1v) is 18.2. The Kier molecular flexibility index (Phi) is 11.0. The maximum absolute atomic E-state index is 14.6. The number of methoxy groups -OCH3 is 1. The summed E-state index contributed by atoms with van der Waals surface area (Å²) in [6.07, 6.45) is -7.53. The first-order valence-electron chi connectivity index (χ1n) is 16.0. The first-order chi connectivity index (χ1) is 25.1. The minimum Gasteiger partial charge on any atom is -0.575 e. The molecule has 5 aromatic rings. The van der Waals surface area contributed by atoms with Gasteiger partial charge in [0, 0.05) is 34.0 Å². The van der Waals surface area contributed by atoms with E-state index in [1.165, 1.54) is 42.9 Å². The number of esters is 1. The van der Waals surface area contributed by atoms with Crippen LogP contribution in [0, 0.1) is 9.75 Å². The molecular formula is C33H33F2IN7O9P. The number of nitrogens with zero attached hydrogens (tertiary/aromatic N) is 6. The van der Waals surface area contributed by atoms with E-state index in [1.807, 2.05) is 22.6 Å². The van der Waals surface area contributed by atoms with Gasteiger partial charge in [0.1, 0.15) is 24.4 Å². The number of rotatable bonds is 12. The molecule has 20 heteroatoms. The Morgan fingerprint density at radius 3 is 2.58 bits per heavy atom. The molecule has 2 aromatic carbocycles. The molecule has 0 amide bonds. The van der Waals surface area contributed by atoms with Gasteiger partial charge in [0.2, 0.25) is 17.7 Å². The number of aromatic nitrogens is 5. The summed E-state index contributed by atoms with van der Waals surface area (Å²) in [6.45, 7) is 4.27. The van der Waals surface area contributed by atoms with Crippen LogP contribution in [-0.4, -0.2) is 78.3 Å². The Morgan fingerprint density at radius 2 is 1.89 bits per heavy atom. The van der Waals surface area contributed by atoms with Crippen LogP contribution in [0.3, 0.4) is 0 Å². The molecule has 4 heterocycles. The van der Waals surface area contributed by atoms with Crippen LogP contribution in [0.5, 0.6) is 17.5 Å². The van der Waals surface area contributed by atoms with Gasteiger partial charge < -0.3 is 39.8 Å². The number of carbonyl (C=O) groups is 1. The number of benzene rings is 2. The minimum atomic E-state index is -3.93. The fraction of sp³-hybridized carbons (Fsp3) is 0.364. The van der Waals surface area contributed by atoms with Crippen molar-refractivity contribution in [3.63, 3.8) is 0 Å². The van der Waals surface area contributed by atoms with E-state index in [2.05, 4.69) is 29.4 Å². The Bertz CT molecular complexity index is 2180. The van der Waals surface area contributed by atoms with Crippen molar-refractivity contribution < 1.29 is 52.2 Å². The maximum atomic E-state index is 14.6. The van der Waals surface area contributed by atoms with Crippen molar-refractivity contribution in [1.29, 1.82) is 0 Å². The molecule has 3 unspecified atom stereocenters. The Labute approximate surface area is 315 Å². The number of hydrogen-bond acceptors (Lipinski definition) is 15. The highest BCUT2D eigenvalue weighted by atomic mass is 127. The number of hydrogen-bond donors (Lipinski definition) is 3. The molecule has 1 aliphatic heterocycles. The monoisotopic (exact) mass is 867 g/mol. The second-order valence-electron chi connectivity index (χ2n) is 12.4. The molecule has 0 aliphatic carbocycles. The van der Waals surface area contributed by atoms with Gasteiger partial charge in [0.05, 0.1) is 18.2 Å². The molecule has 53 heavy (non-hydrogen) atoms. The van der Waals surface area contributed by atoms with E-state index in [-0.39, 0.29) is 41.2 Å². The molecule has 4 N–H and O–H groups in total. The highest BCUT2D eigenvalue weighted by Gasteiger charge is 2.54. The van der Waals surface area contributed by atoms with Crippen LogP contribution >= 0.6 is 30.8 Å². The van der Waals surface area contributed by atoms with E-state index in [9.17, 15) is 28.7 Å². The van der Waals surface area contributed by atoms with Gasteiger partial charge in [0.25, 0.3) is 0 Å². The van der Waals surface area contributed by atoms with Crippen LogP contribution < -0.4 is 24.6 Å². The Morgan fingerprint density at radius 1 is 1.15 bits per heavy atom. The summed E-state index contributed by atoms with van der Waals surface area (Å²) < 4.78 is 62.3. The zero-order valence-electron chi connectivity index (χ0n) is 28.5. The summed E-state index contributed by atoms with van der Waals surface area (Å²) in [6, 6.07) is 12.8. The molecular weight excluding hydrogens is 834 g/mol. The number of nitrogens with two attached hydrogens (primary N) is 1. The molecule has 16 nitrogen and oxygen atoms in total. The largest absolute Gasteiger partial charge is 0.575 e. The van der Waals surface area contributed by atoms with Gasteiger partial charge in [-0.25, -0.2) is 14.8 Å². The molecule has 1 fully saturated rings. The van der Waals surface area contributed by atoms with E-state index in [0.717, 1.165) is 12.1 Å². The number of aliphatic hydroxyl groups is 2. The van der Waals surface area contributed by atoms with Gasteiger partial charge in [-0.15, -0.1) is 0 Å². The maximum Gasteiger partial charge on any atom is 0.428 e. The number of halogens is 3. The van der Waals surface area contributed by atoms with Crippen LogP contribution in [0.1, 0.15) is 32.6 Å². The van der Waals surface area contributed by atoms with Gasteiger partial charge in [-0.2, -0.15) is 18.7 Å². The molecule has 0 spiro atoms. The molecule has 0 bridgehead atoms. The van der Waals surface area contributed by atoms with Crippen molar-refractivity contribution in [2.45, 2.75) is 57.0 Å². The molecule has 1 aliphatic rings. The van der Waals surface area contributed by atoms with Crippen LogP contribution in [0.25, 0.3) is 22.1 Å². The summed E-state index contributed by atoms with van der Waals surface area (Å²) in [7, 11) is -1.52. The van der Waals surface area contributed by atoms with Gasteiger partial charge in [-0.3, -0.25) is 9.09 Å². The smallest absolute Gasteiger partial charge is 0.428 e. The lowest BCUT2D eigenvalue weighted by Gasteiger charge is -2.27. The van der Waals surface area contributed by atoms with Gasteiger partial charge in [-0.1, -0.05) is 42.9 Å². The molecule has 0 saturated carbocycles. The van der Waals surface area contributed by atoms with Crippen LogP contribution in [0.15, 0.2) is 65.4 Å². The molecule has 0 radical (unpaired) electrons. The van der Waals surface area contributed by atoms with Crippen LogP contribution in [0.4, 0.5) is 14.7 Å². The SMILES string of the molecule is COc1nc(N)nc2c1nc(I)n2C1O[C@H](COc2ccc3c(O[P+]([O-])=NC(C(=O)OC(F)(F)c4ccccc4)C(C)C)cccc3n2)[C@@H](O)[C@@]1(C)O. The van der Waals surface area contributed by atoms with Crippen molar-refractivity contribution >= 4 is 64.7 Å². The topological polar surface area (TPSA) is 222 Å². The van der Waals surface area contributed by atoms with Gasteiger partial charge >= 0.3 is 20.2 Å². The second kappa shape index (κ2) is 15.2. The molecule has 6 atom stereocenters. The lowest BCUT2D eigenvalue weighted by atomic mass is 9.96. The lowest BCUT2D eigenvalue weighted by molar-refractivity contribution is -0.242. The van der Waals surface area contributed by atoms with Crippen LogP contribution in [0.2, 0.25) is 0 Å². The number of ether oxygens (including phenoxy) is 4. The van der Waals surface area contributed by atoms with E-state index in [1.54, 1.807) is 38.1 Å². The molecule has 1 saturated heterocycles. The zero-order valence-corrected chi connectivity index (χ0v) is 31.5. The average Bonchev–Trinajstić information content (AvgIpc) is 3.55. The lowest BCUT2D eigenvalue weighted by Crippen LogP contribution is -2.45. The number of anilines is 1. The fourth-order valence-corrected chi connectivity index (χ4v) is 7.28. The number of imidazole rings is 1. The number of aliphatic hydroxyl groups excluding tert-OH is 1. The number of fused-ring (bicyclic) bond motifs is 2. The van der Waals surface area contributed by atoms with E-state index >= 15 is 0 Å². The summed E-state index contributed by atoms with van der Waals surface area (Å²) in [5.74, 6) is -1.75. The number of carbonyl (C=O) groups excluding carboxylic acids is 1. The number of pyridine rings is 1. The molecule has 6 rings (SSSR count). The highest BCUT2D eigenvalue weighted by Crippen LogP contribution is 2.42. The summed E-state index contributed by atoms with van der Waals surface area (Å²) in [4.78, 5) is 42.9. The van der Waals surface area contributed by atoms with Gasteiger partial charge in [-0.05, 0) is 43.2 Å². The first kappa shape index (κ1) is 38.3. The quantitative estimate of drug-likeness (QED) is 0.0693. The third-order valence-corrected chi connectivity index (χ3v) is 9.88. The van der Waals surface area contributed by atoms with Crippen LogP contribution in [-0.2, 0) is 20.4 Å². The molecule has 280 valence electrons. The van der Waals surface area contributed by atoms with E-state index in [4.69, 9.17) is 24.5 Å². The third kappa shape index (κ3) is 7.81. The summed E-state index contributed by atoms with van der Waals surface area (Å²) in [5, 5.41) is 22.9. The minimum absolute atomic E-state index is 0.0894. The average molecular weight is 868 g/mol. The number of nitrogen functional groups attached to an aromatic ring is 1. The number of alkyl halides is 2. The fourth-order valence-electron chi connectivity index (χ4n) is 5.62. The summed E-state index contributed by atoms with van der Waals surface area (Å²) >= 11 is 1.94. The summed E-state index contributed by atoms with van der Waals surface area (Å²) in [5.41, 5.74) is 4.39. The Hall–Kier alpha value is -4.40. The highest BCUT2D eigenvalue weighted by molar-refractivity contribution is 14.1. The van der Waals surface area contributed by atoms with E-state index < -0.39 is 61.8 Å². The second-order valence-corrected chi connectivity index (χ2v) is 14.3. The standard InChI is InChI=1S/C33H33F2IN7O9P/c1-16(2)23(28(45)51-33(34,35)17-9-6-5-7-10-17)42-53(47)52-20-12-8-11-19-18(20)13-14-22(38-19)49-15-21-25(44)32(3,46)29(50-21)43-26-24(39-30(43)36)27(48-4)41-31(37)40-26/h5-14,16,21,23,25,29,44,46H,15H2,1-4H3,(H2,37,40,41)/t21-,23?,25-,29?,32-/m1/s1. The van der Waals surface area contributed by atoms with Gasteiger partial charge in [0.15, 0.2) is 33.0 Å². The van der Waals surface area contributed by atoms with Crippen molar-refractivity contribution in [3.8, 4) is 17.5 Å². The van der Waals surface area contributed by atoms with Crippen molar-refractivity contribution in [3.05, 3.63) is 70.1 Å². The van der Waals surface area contributed by atoms with Crippen molar-refractivity contribution in [2.24, 2.45) is 10.7 Å². The predicted octanol–water partition coefficient (Wildman–Crippen LogP) is 4.21. The van der Waals surface area contributed by atoms with E-state index in [0.29, 0.717) is 14.7 Å². The Balaban J connectivity index is 1.15. The van der Waals surface area contributed by atoms with Crippen molar-refractivity contribution in [2.75, 3.05) is 19.5 Å². The molecule has 3 aromatic heterocycles. The van der Waals surface area contributed by atoms with Crippen molar-refractivity contribution in [1.82, 2.24) is 24.5 Å². The third-order valence-electron chi connectivity index (χ3n) is 8.33.